The third-order valence-corrected chi connectivity index (χ3v) is 3.22. The second-order valence-corrected chi connectivity index (χ2v) is 4.62. The zero-order chi connectivity index (χ0) is 14.1. The molecule has 1 atom stereocenters. The lowest BCUT2D eigenvalue weighted by Gasteiger charge is -2.06. The SMILES string of the molecule is Cc1n[nH]c(C)c1[C@H](C)c1nc(-c2cnccn2)no1. The molecule has 0 spiro atoms. The molecule has 20 heavy (non-hydrogen) atoms. The molecule has 0 bridgehead atoms. The summed E-state index contributed by atoms with van der Waals surface area (Å²) in [6.07, 6.45) is 4.80. The monoisotopic (exact) mass is 270 g/mol. The third-order valence-electron chi connectivity index (χ3n) is 3.22. The Morgan fingerprint density at radius 3 is 2.75 bits per heavy atom. The van der Waals surface area contributed by atoms with E-state index in [1.54, 1.807) is 18.6 Å². The highest BCUT2D eigenvalue weighted by Crippen LogP contribution is 2.28. The molecule has 0 fully saturated rings. The number of aromatic amines is 1. The van der Waals surface area contributed by atoms with E-state index < -0.39 is 0 Å². The largest absolute Gasteiger partial charge is 0.338 e. The van der Waals surface area contributed by atoms with Crippen LogP contribution in [0.25, 0.3) is 11.5 Å². The van der Waals surface area contributed by atoms with Gasteiger partial charge in [-0.2, -0.15) is 10.1 Å². The Labute approximate surface area is 115 Å². The third kappa shape index (κ3) is 2.07. The molecule has 1 N–H and O–H groups in total. The van der Waals surface area contributed by atoms with Crippen molar-refractivity contribution < 1.29 is 4.52 Å². The smallest absolute Gasteiger partial charge is 0.234 e. The van der Waals surface area contributed by atoms with Crippen LogP contribution in [-0.2, 0) is 0 Å². The van der Waals surface area contributed by atoms with E-state index in [1.165, 1.54) is 0 Å². The molecule has 0 radical (unpaired) electrons. The zero-order valence-corrected chi connectivity index (χ0v) is 11.5. The van der Waals surface area contributed by atoms with E-state index in [0.717, 1.165) is 17.0 Å². The fourth-order valence-corrected chi connectivity index (χ4v) is 2.25. The number of H-pyrrole nitrogens is 1. The molecule has 7 heteroatoms. The van der Waals surface area contributed by atoms with Gasteiger partial charge in [0.15, 0.2) is 0 Å². The van der Waals surface area contributed by atoms with Crippen LogP contribution in [0.15, 0.2) is 23.1 Å². The van der Waals surface area contributed by atoms with E-state index in [9.17, 15) is 0 Å². The first-order chi connectivity index (χ1) is 9.66. The lowest BCUT2D eigenvalue weighted by atomic mass is 9.99. The van der Waals surface area contributed by atoms with Gasteiger partial charge in [-0.1, -0.05) is 5.16 Å². The highest BCUT2D eigenvalue weighted by molar-refractivity contribution is 5.46. The summed E-state index contributed by atoms with van der Waals surface area (Å²) in [6.45, 7) is 5.94. The molecular formula is C13H14N6O. The molecule has 7 nitrogen and oxygen atoms in total. The van der Waals surface area contributed by atoms with Gasteiger partial charge < -0.3 is 4.52 Å². The fourth-order valence-electron chi connectivity index (χ4n) is 2.25. The normalized spacial score (nSPS) is 12.6. The van der Waals surface area contributed by atoms with Gasteiger partial charge in [0, 0.05) is 23.7 Å². The minimum absolute atomic E-state index is 0.0216. The Morgan fingerprint density at radius 2 is 2.10 bits per heavy atom. The number of rotatable bonds is 3. The number of aromatic nitrogens is 6. The molecule has 0 saturated carbocycles. The molecule has 3 rings (SSSR count). The predicted octanol–water partition coefficient (Wildman–Crippen LogP) is 2.02. The van der Waals surface area contributed by atoms with Gasteiger partial charge in [-0.15, -0.1) is 0 Å². The summed E-state index contributed by atoms with van der Waals surface area (Å²) in [4.78, 5) is 12.5. The standard InChI is InChI=1S/C13H14N6O/c1-7(11-8(2)17-18-9(11)3)13-16-12(19-20-13)10-6-14-4-5-15-10/h4-7H,1-3H3,(H,17,18)/t7-/m0/s1. The van der Waals surface area contributed by atoms with E-state index >= 15 is 0 Å². The Kier molecular flexibility index (Phi) is 3.02. The van der Waals surface area contributed by atoms with Crippen LogP contribution in [-0.4, -0.2) is 30.3 Å². The van der Waals surface area contributed by atoms with Gasteiger partial charge in [0.25, 0.3) is 0 Å². The van der Waals surface area contributed by atoms with Gasteiger partial charge >= 0.3 is 0 Å². The first-order valence-electron chi connectivity index (χ1n) is 6.28. The zero-order valence-electron chi connectivity index (χ0n) is 11.5. The molecule has 0 unspecified atom stereocenters. The molecule has 3 aromatic rings. The van der Waals surface area contributed by atoms with Crippen molar-refractivity contribution in [1.29, 1.82) is 0 Å². The summed E-state index contributed by atoms with van der Waals surface area (Å²) in [5.41, 5.74) is 3.62. The van der Waals surface area contributed by atoms with E-state index in [4.69, 9.17) is 4.52 Å². The van der Waals surface area contributed by atoms with Crippen molar-refractivity contribution >= 4 is 0 Å². The van der Waals surface area contributed by atoms with Crippen LogP contribution in [0.2, 0.25) is 0 Å². The van der Waals surface area contributed by atoms with Gasteiger partial charge in [-0.25, -0.2) is 4.98 Å². The summed E-state index contributed by atoms with van der Waals surface area (Å²) < 4.78 is 5.34. The van der Waals surface area contributed by atoms with E-state index in [0.29, 0.717) is 17.4 Å². The Hall–Kier alpha value is -2.57. The molecule has 0 aliphatic heterocycles. The van der Waals surface area contributed by atoms with E-state index in [2.05, 4.69) is 30.3 Å². The topological polar surface area (TPSA) is 93.4 Å². The highest BCUT2D eigenvalue weighted by atomic mass is 16.5. The summed E-state index contributed by atoms with van der Waals surface area (Å²) in [6, 6.07) is 0. The van der Waals surface area contributed by atoms with Crippen LogP contribution in [0.5, 0.6) is 0 Å². The minimum Gasteiger partial charge on any atom is -0.338 e. The molecule has 0 saturated heterocycles. The van der Waals surface area contributed by atoms with Crippen LogP contribution in [0, 0.1) is 13.8 Å². The minimum atomic E-state index is -0.0216. The van der Waals surface area contributed by atoms with Crippen LogP contribution in [0.4, 0.5) is 0 Å². The lowest BCUT2D eigenvalue weighted by molar-refractivity contribution is 0.370. The van der Waals surface area contributed by atoms with Crippen molar-refractivity contribution in [3.8, 4) is 11.5 Å². The van der Waals surface area contributed by atoms with Crippen LogP contribution >= 0.6 is 0 Å². The molecular weight excluding hydrogens is 256 g/mol. The molecule has 0 aliphatic carbocycles. The van der Waals surface area contributed by atoms with E-state index in [-0.39, 0.29) is 5.92 Å². The Morgan fingerprint density at radius 1 is 1.25 bits per heavy atom. The summed E-state index contributed by atoms with van der Waals surface area (Å²) >= 11 is 0. The fraction of sp³-hybridized carbons (Fsp3) is 0.308. The Bertz CT molecular complexity index is 698. The predicted molar refractivity (Wildman–Crippen MR) is 70.9 cm³/mol. The van der Waals surface area contributed by atoms with Gasteiger partial charge in [0.05, 0.1) is 17.8 Å². The number of hydrogen-bond acceptors (Lipinski definition) is 6. The number of nitrogens with one attached hydrogen (secondary N) is 1. The molecule has 0 aromatic carbocycles. The summed E-state index contributed by atoms with van der Waals surface area (Å²) in [5, 5.41) is 11.1. The van der Waals surface area contributed by atoms with Crippen LogP contribution < -0.4 is 0 Å². The first-order valence-corrected chi connectivity index (χ1v) is 6.28. The first kappa shape index (κ1) is 12.5. The average molecular weight is 270 g/mol. The number of aryl methyl sites for hydroxylation is 2. The van der Waals surface area contributed by atoms with Crippen molar-refractivity contribution in [3.05, 3.63) is 41.4 Å². The second kappa shape index (κ2) is 4.84. The molecule has 0 aliphatic rings. The molecule has 3 heterocycles. The van der Waals surface area contributed by atoms with Gasteiger partial charge in [-0.05, 0) is 20.8 Å². The molecule has 3 aromatic heterocycles. The van der Waals surface area contributed by atoms with Crippen molar-refractivity contribution in [2.75, 3.05) is 0 Å². The van der Waals surface area contributed by atoms with Crippen molar-refractivity contribution in [2.45, 2.75) is 26.7 Å². The van der Waals surface area contributed by atoms with Crippen LogP contribution in [0.3, 0.4) is 0 Å². The maximum absolute atomic E-state index is 5.34. The highest BCUT2D eigenvalue weighted by Gasteiger charge is 2.22. The Balaban J connectivity index is 1.95. The van der Waals surface area contributed by atoms with Gasteiger partial charge in [0.1, 0.15) is 5.69 Å². The summed E-state index contributed by atoms with van der Waals surface area (Å²) in [7, 11) is 0. The number of hydrogen-bond donors (Lipinski definition) is 1. The molecule has 102 valence electrons. The van der Waals surface area contributed by atoms with Crippen molar-refractivity contribution in [1.82, 2.24) is 30.3 Å². The van der Waals surface area contributed by atoms with Crippen LogP contribution in [0.1, 0.15) is 35.7 Å². The second-order valence-electron chi connectivity index (χ2n) is 4.62. The van der Waals surface area contributed by atoms with Crippen molar-refractivity contribution in [3.63, 3.8) is 0 Å². The lowest BCUT2D eigenvalue weighted by Crippen LogP contribution is -1.99. The van der Waals surface area contributed by atoms with Gasteiger partial charge in [0.2, 0.25) is 11.7 Å². The van der Waals surface area contributed by atoms with E-state index in [1.807, 2.05) is 20.8 Å². The quantitative estimate of drug-likeness (QED) is 0.782. The maximum Gasteiger partial charge on any atom is 0.234 e. The summed E-state index contributed by atoms with van der Waals surface area (Å²) in [5.74, 6) is 0.962. The van der Waals surface area contributed by atoms with Crippen molar-refractivity contribution in [2.24, 2.45) is 0 Å². The van der Waals surface area contributed by atoms with Gasteiger partial charge in [-0.3, -0.25) is 10.1 Å². The maximum atomic E-state index is 5.34. The molecule has 0 amide bonds. The number of nitrogens with zero attached hydrogens (tertiary/aromatic N) is 5. The average Bonchev–Trinajstić information content (AvgIpc) is 3.07.